The van der Waals surface area contributed by atoms with Crippen LogP contribution in [0, 0.1) is 5.41 Å². The third kappa shape index (κ3) is 10.0. The van der Waals surface area contributed by atoms with Gasteiger partial charge in [-0.2, -0.15) is 11.8 Å². The number of ether oxygens (including phenoxy) is 2. The third-order valence-electron chi connectivity index (χ3n) is 4.53. The molecule has 1 aliphatic heterocycles. The van der Waals surface area contributed by atoms with Crippen molar-refractivity contribution in [3.8, 4) is 0 Å². The van der Waals surface area contributed by atoms with E-state index < -0.39 is 0 Å². The molecule has 4 nitrogen and oxygen atoms in total. The van der Waals surface area contributed by atoms with E-state index in [0.717, 1.165) is 65.7 Å². The second-order valence-electron chi connectivity index (χ2n) is 6.15. The lowest BCUT2D eigenvalue weighted by Gasteiger charge is -2.40. The number of rotatable bonds is 14. The summed E-state index contributed by atoms with van der Waals surface area (Å²) in [5.74, 6) is 2.37. The molecule has 148 valence electrons. The molecule has 0 unspecified atom stereocenters. The van der Waals surface area contributed by atoms with Crippen LogP contribution in [0.4, 0.5) is 0 Å². The Morgan fingerprint density at radius 3 is 1.38 bits per heavy atom. The van der Waals surface area contributed by atoms with E-state index in [0.29, 0.717) is 0 Å². The van der Waals surface area contributed by atoms with Crippen LogP contribution in [0.5, 0.6) is 0 Å². The lowest BCUT2D eigenvalue weighted by Crippen LogP contribution is -2.45. The molecule has 0 radical (unpaired) electrons. The molecule has 0 atom stereocenters. The molecule has 0 aromatic rings. The first-order valence-corrected chi connectivity index (χ1v) is 10.0. The van der Waals surface area contributed by atoms with Crippen molar-refractivity contribution in [2.24, 2.45) is 5.41 Å². The Labute approximate surface area is 166 Å². The summed E-state index contributed by atoms with van der Waals surface area (Å²) >= 11 is 2.01. The molecule has 0 aromatic heterocycles. The summed E-state index contributed by atoms with van der Waals surface area (Å²) in [6.07, 6.45) is 0. The highest BCUT2D eigenvalue weighted by atomic mass is 35.5. The molecule has 1 rings (SSSR count). The Hall–Kier alpha value is 0.770. The second-order valence-corrected chi connectivity index (χ2v) is 7.14. The van der Waals surface area contributed by atoms with Gasteiger partial charge in [0, 0.05) is 30.0 Å². The number of hydrogen-bond donors (Lipinski definition) is 0. The van der Waals surface area contributed by atoms with Crippen LogP contribution in [0.25, 0.3) is 0 Å². The fraction of sp³-hybridized carbons (Fsp3) is 1.00. The topological polar surface area (TPSA) is 24.9 Å². The summed E-state index contributed by atoms with van der Waals surface area (Å²) in [5.41, 5.74) is 0.275. The molecule has 0 spiro atoms. The number of likely N-dealkylation sites (N-methyl/N-ethyl adjacent to an activating group) is 2. The van der Waals surface area contributed by atoms with E-state index in [4.69, 9.17) is 9.47 Å². The number of thioether (sulfide) groups is 1. The van der Waals surface area contributed by atoms with Crippen molar-refractivity contribution >= 4 is 36.6 Å². The van der Waals surface area contributed by atoms with Gasteiger partial charge in [-0.25, -0.2) is 0 Å². The van der Waals surface area contributed by atoms with Crippen molar-refractivity contribution in [1.82, 2.24) is 9.80 Å². The summed E-state index contributed by atoms with van der Waals surface area (Å²) in [6, 6.07) is 0. The fourth-order valence-electron chi connectivity index (χ4n) is 2.64. The second kappa shape index (κ2) is 16.0. The van der Waals surface area contributed by atoms with Gasteiger partial charge in [0.25, 0.3) is 0 Å². The fourth-order valence-corrected chi connectivity index (χ4v) is 3.76. The zero-order valence-electron chi connectivity index (χ0n) is 15.9. The van der Waals surface area contributed by atoms with Gasteiger partial charge in [-0.05, 0) is 26.2 Å². The van der Waals surface area contributed by atoms with E-state index in [1.165, 1.54) is 11.5 Å². The highest BCUT2D eigenvalue weighted by Gasteiger charge is 2.38. The zero-order valence-corrected chi connectivity index (χ0v) is 18.4. The molecule has 0 aliphatic carbocycles. The van der Waals surface area contributed by atoms with E-state index >= 15 is 0 Å². The highest BCUT2D eigenvalue weighted by Crippen LogP contribution is 2.38. The molecule has 1 heterocycles. The van der Waals surface area contributed by atoms with Crippen LogP contribution in [0.3, 0.4) is 0 Å². The molecule has 7 heteroatoms. The minimum atomic E-state index is 0. The quantitative estimate of drug-likeness (QED) is 0.413. The molecule has 1 aliphatic rings. The van der Waals surface area contributed by atoms with Crippen LogP contribution in [-0.4, -0.2) is 87.0 Å². The van der Waals surface area contributed by atoms with Crippen molar-refractivity contribution in [3.05, 3.63) is 0 Å². The lowest BCUT2D eigenvalue weighted by molar-refractivity contribution is -0.0123. The largest absolute Gasteiger partial charge is 0.379 e. The van der Waals surface area contributed by atoms with Gasteiger partial charge in [-0.15, -0.1) is 24.8 Å². The average Bonchev–Trinajstić information content (AvgIpc) is 2.51. The standard InChI is InChI=1S/C17H36N2O2S.2ClH/c1-5-18(6-2)9-11-20-13-17(15-22-16-17)14-21-12-10-19(7-3)8-4;;/h5-16H2,1-4H3;2*1H. The molecule has 0 saturated carbocycles. The van der Waals surface area contributed by atoms with Crippen LogP contribution in [0.2, 0.25) is 0 Å². The average molecular weight is 405 g/mol. The van der Waals surface area contributed by atoms with E-state index in [-0.39, 0.29) is 30.2 Å². The lowest BCUT2D eigenvalue weighted by atomic mass is 9.94. The number of halogens is 2. The summed E-state index contributed by atoms with van der Waals surface area (Å²) in [4.78, 5) is 4.81. The van der Waals surface area contributed by atoms with Crippen molar-refractivity contribution in [2.45, 2.75) is 27.7 Å². The predicted molar refractivity (Wildman–Crippen MR) is 111 cm³/mol. The molecule has 0 amide bonds. The van der Waals surface area contributed by atoms with Gasteiger partial charge in [-0.3, -0.25) is 0 Å². The van der Waals surface area contributed by atoms with Crippen LogP contribution >= 0.6 is 36.6 Å². The molecular weight excluding hydrogens is 367 g/mol. The Kier molecular flexibility index (Phi) is 18.0. The maximum atomic E-state index is 5.95. The summed E-state index contributed by atoms with van der Waals surface area (Å²) < 4.78 is 11.9. The SMILES string of the molecule is CCN(CC)CCOCC1(COCCN(CC)CC)CSC1.Cl.Cl. The van der Waals surface area contributed by atoms with Crippen molar-refractivity contribution in [3.63, 3.8) is 0 Å². The van der Waals surface area contributed by atoms with Gasteiger partial charge in [0.15, 0.2) is 0 Å². The minimum absolute atomic E-state index is 0. The van der Waals surface area contributed by atoms with E-state index in [1.807, 2.05) is 11.8 Å². The van der Waals surface area contributed by atoms with Crippen molar-refractivity contribution < 1.29 is 9.47 Å². The minimum Gasteiger partial charge on any atom is -0.379 e. The monoisotopic (exact) mass is 404 g/mol. The van der Waals surface area contributed by atoms with Gasteiger partial charge in [0.2, 0.25) is 0 Å². The smallest absolute Gasteiger partial charge is 0.0593 e. The number of hydrogen-bond acceptors (Lipinski definition) is 5. The van der Waals surface area contributed by atoms with E-state index in [2.05, 4.69) is 37.5 Å². The third-order valence-corrected chi connectivity index (χ3v) is 6.16. The van der Waals surface area contributed by atoms with Gasteiger partial charge in [0.1, 0.15) is 0 Å². The van der Waals surface area contributed by atoms with E-state index in [1.54, 1.807) is 0 Å². The molecule has 24 heavy (non-hydrogen) atoms. The highest BCUT2D eigenvalue weighted by molar-refractivity contribution is 8.00. The molecule has 0 aromatic carbocycles. The first-order chi connectivity index (χ1) is 10.7. The van der Waals surface area contributed by atoms with Crippen LogP contribution in [0.15, 0.2) is 0 Å². The Morgan fingerprint density at radius 1 is 0.750 bits per heavy atom. The zero-order chi connectivity index (χ0) is 16.3. The summed E-state index contributed by atoms with van der Waals surface area (Å²) in [5, 5.41) is 0. The Balaban J connectivity index is 0. The van der Waals surface area contributed by atoms with Gasteiger partial charge in [0.05, 0.1) is 26.4 Å². The molecular formula is C17H38Cl2N2O2S. The summed E-state index contributed by atoms with van der Waals surface area (Å²) in [7, 11) is 0. The normalized spacial score (nSPS) is 15.8. The molecule has 1 fully saturated rings. The maximum absolute atomic E-state index is 5.95. The molecule has 0 bridgehead atoms. The number of nitrogens with zero attached hydrogens (tertiary/aromatic N) is 2. The first-order valence-electron chi connectivity index (χ1n) is 8.87. The van der Waals surface area contributed by atoms with Crippen LogP contribution in [0.1, 0.15) is 27.7 Å². The van der Waals surface area contributed by atoms with Crippen molar-refractivity contribution in [1.29, 1.82) is 0 Å². The molecule has 0 N–H and O–H groups in total. The summed E-state index contributed by atoms with van der Waals surface area (Å²) in [6.45, 7) is 18.7. The Morgan fingerprint density at radius 2 is 1.12 bits per heavy atom. The van der Waals surface area contributed by atoms with E-state index in [9.17, 15) is 0 Å². The Bertz CT molecular complexity index is 255. The van der Waals surface area contributed by atoms with Crippen molar-refractivity contribution in [2.75, 3.05) is 77.2 Å². The maximum Gasteiger partial charge on any atom is 0.0593 e. The molecule has 1 saturated heterocycles. The van der Waals surface area contributed by atoms with Crippen LogP contribution < -0.4 is 0 Å². The van der Waals surface area contributed by atoms with Gasteiger partial charge >= 0.3 is 0 Å². The predicted octanol–water partition coefficient (Wildman–Crippen LogP) is 3.28. The van der Waals surface area contributed by atoms with Gasteiger partial charge < -0.3 is 19.3 Å². The first kappa shape index (κ1) is 27.0. The van der Waals surface area contributed by atoms with Crippen LogP contribution in [-0.2, 0) is 9.47 Å². The van der Waals surface area contributed by atoms with Gasteiger partial charge in [-0.1, -0.05) is 27.7 Å².